The number of aromatic nitrogens is 2. The van der Waals surface area contributed by atoms with Crippen LogP contribution in [-0.2, 0) is 19.5 Å². The van der Waals surface area contributed by atoms with Crippen LogP contribution in [0.15, 0.2) is 107 Å². The van der Waals surface area contributed by atoms with E-state index < -0.39 is 11.5 Å². The van der Waals surface area contributed by atoms with Crippen molar-refractivity contribution < 1.29 is 50.1 Å². The quantitative estimate of drug-likeness (QED) is 0.143. The summed E-state index contributed by atoms with van der Waals surface area (Å²) in [5.41, 5.74) is 1.85. The van der Waals surface area contributed by atoms with Crippen LogP contribution in [0.5, 0.6) is 23.0 Å². The Morgan fingerprint density at radius 3 is 1.26 bits per heavy atom. The number of phenols is 2. The Balaban J connectivity index is 0.000000864. The predicted molar refractivity (Wildman–Crippen MR) is 152 cm³/mol. The third-order valence-corrected chi connectivity index (χ3v) is 4.79. The van der Waals surface area contributed by atoms with Gasteiger partial charge in [-0.3, -0.25) is 9.97 Å². The van der Waals surface area contributed by atoms with E-state index >= 15 is 0 Å². The molecular weight excluding hydrogens is 606 g/mol. The topological polar surface area (TPSA) is 225 Å². The van der Waals surface area contributed by atoms with Crippen molar-refractivity contribution in [2.45, 2.75) is 0 Å². The number of nitrogens with zero attached hydrogens (tertiary/aromatic N) is 6. The number of aliphatic hydroxyl groups is 2. The molecular formula is C30H26N6O6Zn. The van der Waals surface area contributed by atoms with Crippen molar-refractivity contribution in [2.75, 3.05) is 14.2 Å². The van der Waals surface area contributed by atoms with Crippen molar-refractivity contribution >= 4 is 12.4 Å². The number of rotatable bonds is 5. The molecule has 0 bridgehead atoms. The fraction of sp³-hybridized carbons (Fsp3) is 0.0667. The minimum absolute atomic E-state index is 0. The second-order valence-corrected chi connectivity index (χ2v) is 7.35. The SMILES string of the molecule is CO.CO.N#C/C(N=Cc1ccc(O)cc1[O-])=C(\C#N)N=Cc1ccc(O)cc1[O-].[Zn+2].c1cc(-c2ccncc2)ccn1. The Morgan fingerprint density at radius 1 is 0.651 bits per heavy atom. The molecule has 0 atom stereocenters. The van der Waals surface area contributed by atoms with Crippen LogP contribution >= 0.6 is 0 Å². The van der Waals surface area contributed by atoms with Crippen LogP contribution in [0.3, 0.4) is 0 Å². The van der Waals surface area contributed by atoms with E-state index in [0.717, 1.165) is 38.8 Å². The van der Waals surface area contributed by atoms with Gasteiger partial charge < -0.3 is 30.6 Å². The molecule has 0 unspecified atom stereocenters. The maximum Gasteiger partial charge on any atom is 2.00 e. The summed E-state index contributed by atoms with van der Waals surface area (Å²) in [7, 11) is 2.00. The van der Waals surface area contributed by atoms with Crippen LogP contribution < -0.4 is 10.2 Å². The number of phenolic OH excluding ortho intramolecular Hbond substituents is 2. The number of aromatic hydroxyl groups is 2. The molecule has 214 valence electrons. The summed E-state index contributed by atoms with van der Waals surface area (Å²) in [6.45, 7) is 0. The Hall–Kier alpha value is -5.46. The standard InChI is InChI=1S/C18H12N4O4.C10H8N2.2CH4O.Zn/c19-7-15(21-9-11-1-3-13(23)5-17(11)25)16(8-20)22-10-12-2-4-14(24)6-18(12)26;1-5-11-6-2-9(1)10-3-7-12-8-4-10;2*1-2;/h1-6,9-10,23-26H;1-8H;2*2H,1H3;/q;;;;+2/p-2/b16-15-,21-9?,22-10?;;;;. The minimum Gasteiger partial charge on any atom is -0.872 e. The van der Waals surface area contributed by atoms with E-state index in [2.05, 4.69) is 20.0 Å². The second-order valence-electron chi connectivity index (χ2n) is 7.35. The number of aliphatic imine (C=N–C) groups is 2. The van der Waals surface area contributed by atoms with Crippen LogP contribution in [0.2, 0.25) is 0 Å². The molecule has 0 saturated carbocycles. The van der Waals surface area contributed by atoms with Gasteiger partial charge in [0.05, 0.1) is 0 Å². The zero-order valence-electron chi connectivity index (χ0n) is 23.2. The van der Waals surface area contributed by atoms with Crippen LogP contribution in [0, 0.1) is 22.7 Å². The van der Waals surface area contributed by atoms with Gasteiger partial charge in [-0.2, -0.15) is 10.5 Å². The van der Waals surface area contributed by atoms with E-state index in [0.29, 0.717) is 0 Å². The molecule has 2 heterocycles. The number of benzene rings is 2. The largest absolute Gasteiger partial charge is 2.00 e. The Morgan fingerprint density at radius 2 is 0.977 bits per heavy atom. The van der Waals surface area contributed by atoms with E-state index in [1.165, 1.54) is 35.4 Å². The number of nitriles is 2. The molecule has 0 amide bonds. The fourth-order valence-corrected chi connectivity index (χ4v) is 2.90. The average Bonchev–Trinajstić information content (AvgIpc) is 3.03. The summed E-state index contributed by atoms with van der Waals surface area (Å²) in [4.78, 5) is 15.5. The first-order valence-electron chi connectivity index (χ1n) is 11.7. The van der Waals surface area contributed by atoms with Crippen LogP contribution in [0.25, 0.3) is 11.1 Å². The van der Waals surface area contributed by atoms with Gasteiger partial charge in [0.1, 0.15) is 23.6 Å². The molecule has 0 aliphatic carbocycles. The molecule has 2 aromatic carbocycles. The maximum absolute atomic E-state index is 11.7. The average molecular weight is 632 g/mol. The summed E-state index contributed by atoms with van der Waals surface area (Å²) >= 11 is 0. The zero-order chi connectivity index (χ0) is 31.3. The first-order chi connectivity index (χ1) is 20.4. The monoisotopic (exact) mass is 630 g/mol. The van der Waals surface area contributed by atoms with Crippen molar-refractivity contribution in [3.63, 3.8) is 0 Å². The summed E-state index contributed by atoms with van der Waals surface area (Å²) in [5, 5.41) is 74.0. The molecule has 12 nitrogen and oxygen atoms in total. The summed E-state index contributed by atoms with van der Waals surface area (Å²) in [6.07, 6.45) is 9.30. The number of pyridine rings is 2. The van der Waals surface area contributed by atoms with Crippen molar-refractivity contribution in [1.29, 1.82) is 10.5 Å². The molecule has 0 saturated heterocycles. The van der Waals surface area contributed by atoms with Crippen LogP contribution in [0.4, 0.5) is 0 Å². The van der Waals surface area contributed by atoms with Crippen LogP contribution in [-0.4, -0.2) is 57.0 Å². The minimum atomic E-state index is -0.506. The Labute approximate surface area is 261 Å². The molecule has 0 spiro atoms. The second kappa shape index (κ2) is 21.3. The van der Waals surface area contributed by atoms with Gasteiger partial charge in [0.15, 0.2) is 11.4 Å². The van der Waals surface area contributed by atoms with E-state index in [1.807, 2.05) is 24.3 Å². The number of hydrogen-bond donors (Lipinski definition) is 4. The van der Waals surface area contributed by atoms with Gasteiger partial charge in [-0.1, -0.05) is 23.6 Å². The van der Waals surface area contributed by atoms with Gasteiger partial charge in [0.25, 0.3) is 0 Å². The molecule has 0 fully saturated rings. The molecule has 0 radical (unpaired) electrons. The predicted octanol–water partition coefficient (Wildman–Crippen LogP) is 2.40. The fourth-order valence-electron chi connectivity index (χ4n) is 2.90. The third kappa shape index (κ3) is 12.7. The third-order valence-electron chi connectivity index (χ3n) is 4.79. The Kier molecular flexibility index (Phi) is 18.6. The van der Waals surface area contributed by atoms with Gasteiger partial charge >= 0.3 is 19.5 Å². The molecule has 4 rings (SSSR count). The Bertz CT molecular complexity index is 1470. The summed E-state index contributed by atoms with van der Waals surface area (Å²) < 4.78 is 0. The maximum atomic E-state index is 11.7. The van der Waals surface area contributed by atoms with E-state index in [9.17, 15) is 20.4 Å². The smallest absolute Gasteiger partial charge is 0.872 e. The van der Waals surface area contributed by atoms with Crippen LogP contribution in [0.1, 0.15) is 11.1 Å². The molecule has 0 aliphatic heterocycles. The first-order valence-corrected chi connectivity index (χ1v) is 11.7. The van der Waals surface area contributed by atoms with Crippen molar-refractivity contribution in [2.24, 2.45) is 9.98 Å². The normalized spacial score (nSPS) is 10.2. The van der Waals surface area contributed by atoms with E-state index in [4.69, 9.17) is 20.7 Å². The molecule has 13 heteroatoms. The van der Waals surface area contributed by atoms with Gasteiger partial charge in [0, 0.05) is 51.4 Å². The molecule has 2 aromatic heterocycles. The summed E-state index contributed by atoms with van der Waals surface area (Å²) in [6, 6.07) is 18.5. The molecule has 0 aliphatic rings. The van der Waals surface area contributed by atoms with Gasteiger partial charge in [-0.05, 0) is 70.8 Å². The van der Waals surface area contributed by atoms with Crippen molar-refractivity contribution in [1.82, 2.24) is 9.97 Å². The first kappa shape index (κ1) is 37.5. The summed E-state index contributed by atoms with van der Waals surface area (Å²) in [5.74, 6) is -1.41. The van der Waals surface area contributed by atoms with Gasteiger partial charge in [-0.25, -0.2) is 9.98 Å². The zero-order valence-corrected chi connectivity index (χ0v) is 26.2. The van der Waals surface area contributed by atoms with Crippen molar-refractivity contribution in [3.8, 4) is 46.3 Å². The number of hydrogen-bond acceptors (Lipinski definition) is 12. The van der Waals surface area contributed by atoms with E-state index in [-0.39, 0.29) is 53.5 Å². The van der Waals surface area contributed by atoms with Gasteiger partial charge in [-0.15, -0.1) is 0 Å². The number of allylic oxidation sites excluding steroid dienone is 2. The molecule has 43 heavy (non-hydrogen) atoms. The molecule has 4 N–H and O–H groups in total. The van der Waals surface area contributed by atoms with E-state index in [1.54, 1.807) is 36.9 Å². The van der Waals surface area contributed by atoms with Gasteiger partial charge in [0.2, 0.25) is 0 Å². The number of aliphatic hydroxyl groups excluding tert-OH is 2. The van der Waals surface area contributed by atoms with Crippen molar-refractivity contribution in [3.05, 3.63) is 108 Å². The molecule has 4 aromatic rings.